The van der Waals surface area contributed by atoms with Crippen LogP contribution in [0.4, 0.5) is 15.9 Å². The molecule has 1 aromatic carbocycles. The van der Waals surface area contributed by atoms with Gasteiger partial charge in [0.05, 0.1) is 30.6 Å². The molecule has 1 unspecified atom stereocenters. The molecular weight excluding hydrogens is 439 g/mol. The average molecular weight is 461 g/mol. The number of methoxy groups -OCH3 is 1. The molecule has 168 valence electrons. The zero-order valence-electron chi connectivity index (χ0n) is 17.4. The first-order chi connectivity index (χ1) is 15.4. The van der Waals surface area contributed by atoms with Crippen molar-refractivity contribution in [1.82, 2.24) is 15.3 Å². The van der Waals surface area contributed by atoms with Gasteiger partial charge in [0.2, 0.25) is 11.8 Å². The second kappa shape index (κ2) is 10.6. The molecule has 0 saturated carbocycles. The number of hydrogen-bond donors (Lipinski definition) is 4. The number of rotatable bonds is 10. The molecule has 3 rings (SSSR count). The Morgan fingerprint density at radius 3 is 2.84 bits per heavy atom. The molecule has 32 heavy (non-hydrogen) atoms. The van der Waals surface area contributed by atoms with Crippen molar-refractivity contribution in [3.05, 3.63) is 65.2 Å². The van der Waals surface area contributed by atoms with Gasteiger partial charge in [0.15, 0.2) is 0 Å². The van der Waals surface area contributed by atoms with E-state index in [9.17, 15) is 9.18 Å². The van der Waals surface area contributed by atoms with Crippen LogP contribution < -0.4 is 20.7 Å². The first-order valence-electron chi connectivity index (χ1n) is 9.63. The smallest absolute Gasteiger partial charge is 0.245 e. The summed E-state index contributed by atoms with van der Waals surface area (Å²) in [7, 11) is 1.44. The topological polar surface area (TPSA) is 125 Å². The number of carbonyl (C=O) groups excluding carboxylic acids is 1. The van der Waals surface area contributed by atoms with Gasteiger partial charge in [-0.05, 0) is 25.1 Å². The highest BCUT2D eigenvalue weighted by Crippen LogP contribution is 2.30. The summed E-state index contributed by atoms with van der Waals surface area (Å²) in [6, 6.07) is 5.67. The fourth-order valence-electron chi connectivity index (χ4n) is 2.83. The summed E-state index contributed by atoms with van der Waals surface area (Å²) < 4.78 is 24.3. The van der Waals surface area contributed by atoms with E-state index in [1.807, 2.05) is 0 Å². The highest BCUT2D eigenvalue weighted by Gasteiger charge is 2.16. The highest BCUT2D eigenvalue weighted by atomic mass is 35.5. The molecule has 1 amide bonds. The van der Waals surface area contributed by atoms with Crippen LogP contribution in [0.15, 0.2) is 47.3 Å². The minimum atomic E-state index is -0.521. The number of nitrogens with one attached hydrogen (secondary N) is 4. The van der Waals surface area contributed by atoms with E-state index in [2.05, 4.69) is 25.9 Å². The molecular formula is C21H22ClFN6O3. The summed E-state index contributed by atoms with van der Waals surface area (Å²) in [5.74, 6) is 0.0287. The largest absolute Gasteiger partial charge is 0.495 e. The van der Waals surface area contributed by atoms with E-state index < -0.39 is 5.82 Å². The number of nitrogens with zero attached hydrogens (tertiary/aromatic N) is 2. The molecule has 0 radical (unpaired) electrons. The molecule has 4 N–H and O–H groups in total. The van der Waals surface area contributed by atoms with Gasteiger partial charge in [-0.1, -0.05) is 11.6 Å². The van der Waals surface area contributed by atoms with Gasteiger partial charge < -0.3 is 25.1 Å². The molecule has 0 bridgehead atoms. The summed E-state index contributed by atoms with van der Waals surface area (Å²) in [4.78, 5) is 20.5. The van der Waals surface area contributed by atoms with Crippen LogP contribution in [0.3, 0.4) is 0 Å². The number of halogens is 2. The molecule has 11 heteroatoms. The first-order valence-corrected chi connectivity index (χ1v) is 10.0. The fraction of sp³-hybridized carbons (Fsp3) is 0.238. The molecule has 0 fully saturated rings. The Balaban J connectivity index is 1.53. The summed E-state index contributed by atoms with van der Waals surface area (Å²) >= 11 is 5.89. The van der Waals surface area contributed by atoms with Gasteiger partial charge in [0.1, 0.15) is 29.4 Å². The highest BCUT2D eigenvalue weighted by molar-refractivity contribution is 6.32. The van der Waals surface area contributed by atoms with Crippen molar-refractivity contribution >= 4 is 34.7 Å². The lowest BCUT2D eigenvalue weighted by Gasteiger charge is -2.17. The Labute approximate surface area is 188 Å². The fourth-order valence-corrected chi connectivity index (χ4v) is 3.06. The molecule has 0 saturated heterocycles. The Kier molecular flexibility index (Phi) is 7.61. The van der Waals surface area contributed by atoms with Gasteiger partial charge in [0.25, 0.3) is 0 Å². The third-order valence-electron chi connectivity index (χ3n) is 4.39. The van der Waals surface area contributed by atoms with Gasteiger partial charge in [0, 0.05) is 30.4 Å². The number of benzene rings is 1. The number of pyridine rings is 1. The van der Waals surface area contributed by atoms with E-state index in [0.29, 0.717) is 17.1 Å². The normalized spacial score (nSPS) is 11.5. The Bertz CT molecular complexity index is 1090. The minimum absolute atomic E-state index is 0.0454. The second-order valence-corrected chi connectivity index (χ2v) is 7.19. The lowest BCUT2D eigenvalue weighted by atomic mass is 10.1. The third kappa shape index (κ3) is 5.73. The Hall–Kier alpha value is -3.66. The number of carbonyl (C=O) groups is 1. The second-order valence-electron chi connectivity index (χ2n) is 6.78. The van der Waals surface area contributed by atoms with E-state index in [1.165, 1.54) is 25.6 Å². The van der Waals surface area contributed by atoms with Crippen molar-refractivity contribution in [2.75, 3.05) is 30.8 Å². The van der Waals surface area contributed by atoms with Crippen molar-refractivity contribution in [2.24, 2.45) is 0 Å². The summed E-state index contributed by atoms with van der Waals surface area (Å²) in [6.07, 6.45) is 4.37. The van der Waals surface area contributed by atoms with E-state index in [-0.39, 0.29) is 47.4 Å². The first kappa shape index (κ1) is 23.0. The zero-order valence-corrected chi connectivity index (χ0v) is 18.2. The van der Waals surface area contributed by atoms with E-state index in [4.69, 9.17) is 26.2 Å². The van der Waals surface area contributed by atoms with E-state index in [0.717, 1.165) is 6.07 Å². The van der Waals surface area contributed by atoms with Crippen molar-refractivity contribution in [3.63, 3.8) is 0 Å². The SMILES string of the molecule is COc1cc(NCC(C)NC(=O)CNc2ncccc2C(=N)c2ncco2)c(F)cc1Cl. The maximum absolute atomic E-state index is 14.1. The predicted octanol–water partition coefficient (Wildman–Crippen LogP) is 3.32. The molecule has 3 aromatic rings. The van der Waals surface area contributed by atoms with Gasteiger partial charge in [-0.3, -0.25) is 10.2 Å². The van der Waals surface area contributed by atoms with Crippen LogP contribution in [0.2, 0.25) is 5.02 Å². The molecule has 1 atom stereocenters. The molecule has 2 heterocycles. The van der Waals surface area contributed by atoms with Gasteiger partial charge in [-0.25, -0.2) is 14.4 Å². The predicted molar refractivity (Wildman–Crippen MR) is 119 cm³/mol. The molecule has 0 aliphatic heterocycles. The lowest BCUT2D eigenvalue weighted by molar-refractivity contribution is -0.119. The standard InChI is InChI=1S/C21H22ClFN6O3/c1-12(10-27-16-9-17(31-2)14(22)8-15(16)23)29-18(30)11-28-20-13(4-3-5-25-20)19(24)21-26-6-7-32-21/h3-9,12,24,27H,10-11H2,1-2H3,(H,25,28)(H,29,30). The Morgan fingerprint density at radius 1 is 1.31 bits per heavy atom. The zero-order chi connectivity index (χ0) is 23.1. The third-order valence-corrected chi connectivity index (χ3v) is 4.68. The van der Waals surface area contributed by atoms with Crippen LogP contribution >= 0.6 is 11.6 Å². The monoisotopic (exact) mass is 460 g/mol. The number of aromatic nitrogens is 2. The Morgan fingerprint density at radius 2 is 2.12 bits per heavy atom. The van der Waals surface area contributed by atoms with Gasteiger partial charge in [-0.2, -0.15) is 0 Å². The van der Waals surface area contributed by atoms with Crippen molar-refractivity contribution in [3.8, 4) is 5.75 Å². The molecule has 0 aliphatic rings. The number of anilines is 2. The number of hydrogen-bond acceptors (Lipinski definition) is 8. The molecule has 2 aromatic heterocycles. The van der Waals surface area contributed by atoms with Gasteiger partial charge in [-0.15, -0.1) is 0 Å². The van der Waals surface area contributed by atoms with Crippen molar-refractivity contribution in [1.29, 1.82) is 5.41 Å². The average Bonchev–Trinajstić information content (AvgIpc) is 3.32. The molecule has 0 spiro atoms. The van der Waals surface area contributed by atoms with Crippen LogP contribution in [-0.4, -0.2) is 47.8 Å². The van der Waals surface area contributed by atoms with Crippen LogP contribution in [0.1, 0.15) is 18.4 Å². The quantitative estimate of drug-likeness (QED) is 0.342. The molecule has 9 nitrogen and oxygen atoms in total. The number of oxazole rings is 1. The van der Waals surface area contributed by atoms with Gasteiger partial charge >= 0.3 is 0 Å². The number of ether oxygens (including phenoxy) is 1. The summed E-state index contributed by atoms with van der Waals surface area (Å²) in [5.41, 5.74) is 0.710. The molecule has 0 aliphatic carbocycles. The minimum Gasteiger partial charge on any atom is -0.495 e. The lowest BCUT2D eigenvalue weighted by Crippen LogP contribution is -2.40. The van der Waals surface area contributed by atoms with E-state index >= 15 is 0 Å². The maximum Gasteiger partial charge on any atom is 0.245 e. The van der Waals surface area contributed by atoms with Crippen LogP contribution in [0.25, 0.3) is 0 Å². The van der Waals surface area contributed by atoms with Crippen LogP contribution in [-0.2, 0) is 4.79 Å². The van der Waals surface area contributed by atoms with Crippen LogP contribution in [0, 0.1) is 11.2 Å². The van der Waals surface area contributed by atoms with Crippen molar-refractivity contribution in [2.45, 2.75) is 13.0 Å². The summed E-state index contributed by atoms with van der Waals surface area (Å²) in [5, 5.41) is 17.1. The number of amides is 1. The van der Waals surface area contributed by atoms with Crippen LogP contribution in [0.5, 0.6) is 5.75 Å². The summed E-state index contributed by atoms with van der Waals surface area (Å²) in [6.45, 7) is 1.98. The van der Waals surface area contributed by atoms with Crippen molar-refractivity contribution < 1.29 is 18.3 Å². The maximum atomic E-state index is 14.1. The van der Waals surface area contributed by atoms with E-state index in [1.54, 1.807) is 25.3 Å².